The highest BCUT2D eigenvalue weighted by molar-refractivity contribution is 6.31. The van der Waals surface area contributed by atoms with Gasteiger partial charge in [-0.1, -0.05) is 11.6 Å². The monoisotopic (exact) mass is 322 g/mol. The summed E-state index contributed by atoms with van der Waals surface area (Å²) in [5, 5.41) is 3.67. The minimum absolute atomic E-state index is 0.111. The molecule has 0 aliphatic heterocycles. The third kappa shape index (κ3) is 3.31. The van der Waals surface area contributed by atoms with Gasteiger partial charge in [-0.2, -0.15) is 0 Å². The summed E-state index contributed by atoms with van der Waals surface area (Å²) in [4.78, 5) is 24.9. The fourth-order valence-corrected chi connectivity index (χ4v) is 2.56. The lowest BCUT2D eigenvalue weighted by atomic mass is 10.1. The molecule has 2 aromatic rings. The molecule has 0 saturated heterocycles. The van der Waals surface area contributed by atoms with Crippen LogP contribution in [0, 0.1) is 0 Å². The Hall–Kier alpha value is -1.85. The maximum atomic E-state index is 12.6. The van der Waals surface area contributed by atoms with Crippen LogP contribution in [0.4, 0.5) is 0 Å². The third-order valence-corrected chi connectivity index (χ3v) is 3.66. The van der Waals surface area contributed by atoms with Crippen LogP contribution in [0.1, 0.15) is 24.2 Å². The van der Waals surface area contributed by atoms with Crippen molar-refractivity contribution in [2.45, 2.75) is 26.4 Å². The van der Waals surface area contributed by atoms with Crippen molar-refractivity contribution < 1.29 is 9.53 Å². The summed E-state index contributed by atoms with van der Waals surface area (Å²) >= 11 is 5.98. The molecule has 1 amide bonds. The number of fused-ring (bicyclic) bond motifs is 1. The summed E-state index contributed by atoms with van der Waals surface area (Å²) < 4.78 is 6.85. The topological polar surface area (TPSA) is 60.3 Å². The van der Waals surface area contributed by atoms with Gasteiger partial charge in [0.1, 0.15) is 5.56 Å². The lowest BCUT2D eigenvalue weighted by molar-refractivity contribution is 0.0904. The minimum Gasteiger partial charge on any atom is -0.383 e. The van der Waals surface area contributed by atoms with Crippen LogP contribution in [0.25, 0.3) is 10.9 Å². The third-order valence-electron chi connectivity index (χ3n) is 3.42. The molecule has 5 nitrogen and oxygen atoms in total. The van der Waals surface area contributed by atoms with E-state index in [0.717, 1.165) is 5.52 Å². The largest absolute Gasteiger partial charge is 0.383 e. The van der Waals surface area contributed by atoms with Crippen LogP contribution in [0.3, 0.4) is 0 Å². The van der Waals surface area contributed by atoms with Crippen molar-refractivity contribution in [3.05, 3.63) is 45.2 Å². The number of pyridine rings is 1. The Morgan fingerprint density at radius 3 is 2.82 bits per heavy atom. The summed E-state index contributed by atoms with van der Waals surface area (Å²) in [6, 6.07) is 4.94. The Labute approximate surface area is 133 Å². The highest BCUT2D eigenvalue weighted by Crippen LogP contribution is 2.17. The molecule has 1 atom stereocenters. The van der Waals surface area contributed by atoms with Gasteiger partial charge in [0.05, 0.1) is 12.1 Å². The van der Waals surface area contributed by atoms with Crippen LogP contribution in [0.5, 0.6) is 0 Å². The molecular weight excluding hydrogens is 304 g/mol. The van der Waals surface area contributed by atoms with Gasteiger partial charge in [0.25, 0.3) is 5.91 Å². The molecule has 0 saturated carbocycles. The number of hydrogen-bond acceptors (Lipinski definition) is 3. The number of hydrogen-bond donors (Lipinski definition) is 1. The molecule has 1 heterocycles. The highest BCUT2D eigenvalue weighted by atomic mass is 35.5. The summed E-state index contributed by atoms with van der Waals surface area (Å²) in [7, 11) is 1.56. The number of benzene rings is 1. The number of aromatic nitrogens is 1. The maximum absolute atomic E-state index is 12.6. The molecule has 1 aromatic carbocycles. The molecule has 0 radical (unpaired) electrons. The van der Waals surface area contributed by atoms with E-state index in [-0.39, 0.29) is 17.0 Å². The van der Waals surface area contributed by atoms with E-state index in [1.807, 2.05) is 18.4 Å². The molecule has 1 N–H and O–H groups in total. The van der Waals surface area contributed by atoms with Gasteiger partial charge in [-0.05, 0) is 32.0 Å². The molecule has 2 rings (SSSR count). The number of carbonyl (C=O) groups is 1. The van der Waals surface area contributed by atoms with Crippen molar-refractivity contribution in [1.82, 2.24) is 9.88 Å². The minimum atomic E-state index is -0.404. The maximum Gasteiger partial charge on any atom is 0.257 e. The second-order valence-electron chi connectivity index (χ2n) is 5.15. The highest BCUT2D eigenvalue weighted by Gasteiger charge is 2.17. The molecule has 6 heteroatoms. The standard InChI is InChI=1S/C16H19ClN2O3/c1-4-19-8-13(16(21)18-10(2)9-22-3)15(20)12-7-11(17)5-6-14(12)19/h5-8,10H,4,9H2,1-3H3,(H,18,21). The molecule has 0 bridgehead atoms. The average Bonchev–Trinajstić information content (AvgIpc) is 2.48. The Balaban J connectivity index is 2.52. The Kier molecular flexibility index (Phi) is 5.21. The first-order chi connectivity index (χ1) is 10.5. The molecule has 0 fully saturated rings. The van der Waals surface area contributed by atoms with Crippen molar-refractivity contribution in [2.24, 2.45) is 0 Å². The zero-order valence-electron chi connectivity index (χ0n) is 12.9. The van der Waals surface area contributed by atoms with Gasteiger partial charge >= 0.3 is 0 Å². The van der Waals surface area contributed by atoms with Crippen LogP contribution in [-0.2, 0) is 11.3 Å². The van der Waals surface area contributed by atoms with Crippen molar-refractivity contribution in [3.8, 4) is 0 Å². The van der Waals surface area contributed by atoms with E-state index in [1.54, 1.807) is 31.5 Å². The summed E-state index contributed by atoms with van der Waals surface area (Å²) in [6.07, 6.45) is 1.59. The van der Waals surface area contributed by atoms with E-state index in [9.17, 15) is 9.59 Å². The van der Waals surface area contributed by atoms with Gasteiger partial charge in [0.2, 0.25) is 5.43 Å². The Morgan fingerprint density at radius 2 is 2.18 bits per heavy atom. The smallest absolute Gasteiger partial charge is 0.257 e. The molecule has 0 spiro atoms. The zero-order valence-corrected chi connectivity index (χ0v) is 13.6. The van der Waals surface area contributed by atoms with Crippen molar-refractivity contribution in [1.29, 1.82) is 0 Å². The van der Waals surface area contributed by atoms with E-state index >= 15 is 0 Å². The first-order valence-electron chi connectivity index (χ1n) is 7.10. The predicted octanol–water partition coefficient (Wildman–Crippen LogP) is 2.44. The van der Waals surface area contributed by atoms with Crippen LogP contribution >= 0.6 is 11.6 Å². The van der Waals surface area contributed by atoms with Gasteiger partial charge in [0, 0.05) is 36.3 Å². The quantitative estimate of drug-likeness (QED) is 0.919. The number of ether oxygens (including phenoxy) is 1. The molecule has 1 unspecified atom stereocenters. The van der Waals surface area contributed by atoms with Gasteiger partial charge in [-0.3, -0.25) is 9.59 Å². The van der Waals surface area contributed by atoms with Gasteiger partial charge in [-0.15, -0.1) is 0 Å². The number of aryl methyl sites for hydroxylation is 1. The Morgan fingerprint density at radius 1 is 1.45 bits per heavy atom. The van der Waals surface area contributed by atoms with E-state index in [2.05, 4.69) is 5.32 Å². The Bertz CT molecular complexity index is 755. The van der Waals surface area contributed by atoms with Crippen LogP contribution in [-0.4, -0.2) is 30.2 Å². The molecule has 0 aliphatic carbocycles. The van der Waals surface area contributed by atoms with Gasteiger partial charge < -0.3 is 14.6 Å². The molecule has 1 aromatic heterocycles. The number of rotatable bonds is 5. The van der Waals surface area contributed by atoms with Gasteiger partial charge in [-0.25, -0.2) is 0 Å². The van der Waals surface area contributed by atoms with Crippen LogP contribution < -0.4 is 10.7 Å². The summed E-state index contributed by atoms with van der Waals surface area (Å²) in [5.74, 6) is -0.404. The SMILES string of the molecule is CCn1cc(C(=O)NC(C)COC)c(=O)c2cc(Cl)ccc21. The van der Waals surface area contributed by atoms with Gasteiger partial charge in [0.15, 0.2) is 0 Å². The molecule has 22 heavy (non-hydrogen) atoms. The second kappa shape index (κ2) is 6.94. The summed E-state index contributed by atoms with van der Waals surface area (Å²) in [6.45, 7) is 4.80. The fraction of sp³-hybridized carbons (Fsp3) is 0.375. The van der Waals surface area contributed by atoms with E-state index in [1.165, 1.54) is 0 Å². The molecule has 0 aliphatic rings. The fourth-order valence-electron chi connectivity index (χ4n) is 2.39. The predicted molar refractivity (Wildman–Crippen MR) is 87.7 cm³/mol. The van der Waals surface area contributed by atoms with Crippen molar-refractivity contribution in [3.63, 3.8) is 0 Å². The number of nitrogens with one attached hydrogen (secondary N) is 1. The van der Waals surface area contributed by atoms with E-state index in [4.69, 9.17) is 16.3 Å². The van der Waals surface area contributed by atoms with Crippen molar-refractivity contribution in [2.75, 3.05) is 13.7 Å². The average molecular weight is 323 g/mol. The second-order valence-corrected chi connectivity index (χ2v) is 5.59. The first kappa shape index (κ1) is 16.5. The number of amides is 1. The number of nitrogens with zero attached hydrogens (tertiary/aromatic N) is 1. The van der Waals surface area contributed by atoms with E-state index in [0.29, 0.717) is 23.6 Å². The van der Waals surface area contributed by atoms with Crippen LogP contribution in [0.2, 0.25) is 5.02 Å². The van der Waals surface area contributed by atoms with Crippen molar-refractivity contribution >= 4 is 28.4 Å². The first-order valence-corrected chi connectivity index (χ1v) is 7.48. The van der Waals surface area contributed by atoms with Crippen LogP contribution in [0.15, 0.2) is 29.2 Å². The number of methoxy groups -OCH3 is 1. The lowest BCUT2D eigenvalue weighted by Crippen LogP contribution is -2.38. The van der Waals surface area contributed by atoms with E-state index < -0.39 is 5.91 Å². The zero-order chi connectivity index (χ0) is 16.3. The molecular formula is C16H19ClN2O3. The summed E-state index contributed by atoms with van der Waals surface area (Å²) in [5.41, 5.74) is 0.558. The number of carbonyl (C=O) groups excluding carboxylic acids is 1. The molecule has 118 valence electrons. The normalized spacial score (nSPS) is 12.4. The number of halogens is 1. The lowest BCUT2D eigenvalue weighted by Gasteiger charge is -2.15.